The van der Waals surface area contributed by atoms with Crippen molar-refractivity contribution in [1.29, 1.82) is 0 Å². The van der Waals surface area contributed by atoms with E-state index in [9.17, 15) is 9.59 Å². The molecule has 1 N–H and O–H groups in total. The number of rotatable bonds is 6. The minimum atomic E-state index is -0.132. The van der Waals surface area contributed by atoms with Crippen molar-refractivity contribution < 1.29 is 14.3 Å². The number of benzene rings is 2. The van der Waals surface area contributed by atoms with Crippen molar-refractivity contribution in [3.05, 3.63) is 58.4 Å². The lowest BCUT2D eigenvalue weighted by Crippen LogP contribution is -2.26. The van der Waals surface area contributed by atoms with Crippen LogP contribution >= 0.6 is 11.8 Å². The van der Waals surface area contributed by atoms with Gasteiger partial charge in [0.25, 0.3) is 5.56 Å². The van der Waals surface area contributed by atoms with E-state index < -0.39 is 0 Å². The fraction of sp³-hybridized carbons (Fsp3) is 0.250. The summed E-state index contributed by atoms with van der Waals surface area (Å²) < 4.78 is 12.2. The van der Waals surface area contributed by atoms with Crippen molar-refractivity contribution in [3.63, 3.8) is 0 Å². The van der Waals surface area contributed by atoms with Gasteiger partial charge < -0.3 is 14.8 Å². The van der Waals surface area contributed by atoms with Crippen LogP contribution < -0.4 is 20.3 Å². The maximum Gasteiger partial charge on any atom is 0.262 e. The molecule has 0 aliphatic carbocycles. The summed E-state index contributed by atoms with van der Waals surface area (Å²) in [7, 11) is 0. The maximum absolute atomic E-state index is 12.6. The number of fused-ring (bicyclic) bond motifs is 2. The van der Waals surface area contributed by atoms with Crippen LogP contribution in [0.4, 0.5) is 0 Å². The highest BCUT2D eigenvalue weighted by atomic mass is 32.2. The average molecular weight is 397 g/mol. The van der Waals surface area contributed by atoms with Crippen molar-refractivity contribution in [2.24, 2.45) is 0 Å². The summed E-state index contributed by atoms with van der Waals surface area (Å²) >= 11 is 1.26. The highest BCUT2D eigenvalue weighted by molar-refractivity contribution is 7.99. The second-order valence-electron chi connectivity index (χ2n) is 6.21. The smallest absolute Gasteiger partial charge is 0.262 e. The normalized spacial score (nSPS) is 12.3. The van der Waals surface area contributed by atoms with E-state index in [1.807, 2.05) is 37.3 Å². The number of hydrogen-bond donors (Lipinski definition) is 1. The first-order chi connectivity index (χ1) is 13.7. The minimum absolute atomic E-state index is 0.0867. The number of nitrogens with one attached hydrogen (secondary N) is 1. The van der Waals surface area contributed by atoms with E-state index in [2.05, 4.69) is 10.3 Å². The van der Waals surface area contributed by atoms with Gasteiger partial charge in [0.1, 0.15) is 0 Å². The first-order valence-electron chi connectivity index (χ1n) is 8.93. The Morgan fingerprint density at radius 3 is 2.89 bits per heavy atom. The van der Waals surface area contributed by atoms with Gasteiger partial charge in [0.05, 0.1) is 16.7 Å². The van der Waals surface area contributed by atoms with Gasteiger partial charge >= 0.3 is 0 Å². The molecular weight excluding hydrogens is 378 g/mol. The van der Waals surface area contributed by atoms with Crippen molar-refractivity contribution >= 4 is 28.6 Å². The highest BCUT2D eigenvalue weighted by Gasteiger charge is 2.14. The Morgan fingerprint density at radius 1 is 1.21 bits per heavy atom. The molecule has 1 aliphatic heterocycles. The predicted molar refractivity (Wildman–Crippen MR) is 107 cm³/mol. The molecule has 144 valence electrons. The van der Waals surface area contributed by atoms with Crippen LogP contribution in [0.1, 0.15) is 12.5 Å². The Kier molecular flexibility index (Phi) is 5.21. The monoisotopic (exact) mass is 397 g/mol. The van der Waals surface area contributed by atoms with Crippen LogP contribution in [0.3, 0.4) is 0 Å². The molecule has 0 saturated heterocycles. The molecule has 0 fully saturated rings. The van der Waals surface area contributed by atoms with Gasteiger partial charge in [-0.1, -0.05) is 30.0 Å². The van der Waals surface area contributed by atoms with Gasteiger partial charge in [-0.05, 0) is 36.8 Å². The van der Waals surface area contributed by atoms with Crippen molar-refractivity contribution in [1.82, 2.24) is 14.9 Å². The van der Waals surface area contributed by atoms with Crippen molar-refractivity contribution in [3.8, 4) is 11.5 Å². The second kappa shape index (κ2) is 7.93. The van der Waals surface area contributed by atoms with Crippen LogP contribution in [0.5, 0.6) is 11.5 Å². The van der Waals surface area contributed by atoms with Gasteiger partial charge in [-0.3, -0.25) is 14.2 Å². The molecular formula is C20H19N3O4S. The predicted octanol–water partition coefficient (Wildman–Crippen LogP) is 2.55. The fourth-order valence-corrected chi connectivity index (χ4v) is 3.86. The second-order valence-corrected chi connectivity index (χ2v) is 7.16. The standard InChI is InChI=1S/C20H19N3O4S/c1-2-23-19(25)14-5-3-4-6-15(14)22-20(23)28-11-18(24)21-10-13-7-8-16-17(9-13)27-12-26-16/h3-9H,2,10-12H2,1H3,(H,21,24). The molecule has 8 heteroatoms. The summed E-state index contributed by atoms with van der Waals surface area (Å²) in [4.78, 5) is 29.4. The molecule has 0 bridgehead atoms. The van der Waals surface area contributed by atoms with Crippen molar-refractivity contribution in [2.75, 3.05) is 12.5 Å². The maximum atomic E-state index is 12.6. The van der Waals surface area contributed by atoms with Crippen LogP contribution in [-0.2, 0) is 17.9 Å². The van der Waals surface area contributed by atoms with Gasteiger partial charge in [0.2, 0.25) is 12.7 Å². The summed E-state index contributed by atoms with van der Waals surface area (Å²) in [6.45, 7) is 3.00. The summed E-state index contributed by atoms with van der Waals surface area (Å²) in [6.07, 6.45) is 0. The van der Waals surface area contributed by atoms with E-state index in [0.29, 0.717) is 40.6 Å². The molecule has 1 amide bonds. The van der Waals surface area contributed by atoms with E-state index in [4.69, 9.17) is 9.47 Å². The third kappa shape index (κ3) is 3.68. The fourth-order valence-electron chi connectivity index (χ4n) is 2.97. The van der Waals surface area contributed by atoms with Crippen LogP contribution in [0.15, 0.2) is 52.4 Å². The lowest BCUT2D eigenvalue weighted by Gasteiger charge is -2.11. The van der Waals surface area contributed by atoms with Gasteiger partial charge in [0.15, 0.2) is 16.7 Å². The molecule has 2 aromatic carbocycles. The number of ether oxygens (including phenoxy) is 2. The molecule has 7 nitrogen and oxygen atoms in total. The van der Waals surface area contributed by atoms with Crippen molar-refractivity contribution in [2.45, 2.75) is 25.2 Å². The molecule has 3 aromatic rings. The van der Waals surface area contributed by atoms with E-state index >= 15 is 0 Å². The van der Waals surface area contributed by atoms with Crippen LogP contribution in [0.25, 0.3) is 10.9 Å². The highest BCUT2D eigenvalue weighted by Crippen LogP contribution is 2.32. The lowest BCUT2D eigenvalue weighted by molar-refractivity contribution is -0.118. The Balaban J connectivity index is 1.41. The molecule has 0 saturated carbocycles. The molecule has 0 unspecified atom stereocenters. The first-order valence-corrected chi connectivity index (χ1v) is 9.92. The molecule has 1 aliphatic rings. The summed E-state index contributed by atoms with van der Waals surface area (Å²) in [5, 5.41) is 4.01. The third-order valence-electron chi connectivity index (χ3n) is 4.40. The summed E-state index contributed by atoms with van der Waals surface area (Å²) in [5.41, 5.74) is 1.48. The minimum Gasteiger partial charge on any atom is -0.454 e. The number of carbonyl (C=O) groups excluding carboxylic acids is 1. The third-order valence-corrected chi connectivity index (χ3v) is 5.38. The number of para-hydroxylation sites is 1. The van der Waals surface area contributed by atoms with Crippen LogP contribution in [0, 0.1) is 0 Å². The Morgan fingerprint density at radius 2 is 2.04 bits per heavy atom. The zero-order chi connectivity index (χ0) is 19.5. The molecule has 4 rings (SSSR count). The van der Waals surface area contributed by atoms with Crippen LogP contribution in [-0.4, -0.2) is 28.0 Å². The topological polar surface area (TPSA) is 82.5 Å². The number of hydrogen-bond acceptors (Lipinski definition) is 6. The Hall–Kier alpha value is -3.00. The number of amides is 1. The molecule has 2 heterocycles. The molecule has 0 spiro atoms. The molecule has 1 aromatic heterocycles. The average Bonchev–Trinajstić information content (AvgIpc) is 3.19. The van der Waals surface area contributed by atoms with E-state index in [0.717, 1.165) is 5.56 Å². The number of nitrogens with zero attached hydrogens (tertiary/aromatic N) is 2. The molecule has 0 radical (unpaired) electrons. The van der Waals surface area contributed by atoms with Gasteiger partial charge in [-0.2, -0.15) is 0 Å². The summed E-state index contributed by atoms with van der Waals surface area (Å²) in [5.74, 6) is 1.45. The number of aromatic nitrogens is 2. The van der Waals surface area contributed by atoms with Gasteiger partial charge in [-0.25, -0.2) is 4.98 Å². The molecule has 28 heavy (non-hydrogen) atoms. The largest absolute Gasteiger partial charge is 0.454 e. The van der Waals surface area contributed by atoms with Gasteiger partial charge in [-0.15, -0.1) is 0 Å². The SMILES string of the molecule is CCn1c(SCC(=O)NCc2ccc3c(c2)OCO3)nc2ccccc2c1=O. The Labute approximate surface area is 165 Å². The van der Waals surface area contributed by atoms with E-state index in [1.165, 1.54) is 11.8 Å². The van der Waals surface area contributed by atoms with Crippen LogP contribution in [0.2, 0.25) is 0 Å². The zero-order valence-corrected chi connectivity index (χ0v) is 16.1. The molecule has 0 atom stereocenters. The number of thioether (sulfide) groups is 1. The van der Waals surface area contributed by atoms with E-state index in [-0.39, 0.29) is 24.0 Å². The lowest BCUT2D eigenvalue weighted by atomic mass is 10.2. The summed E-state index contributed by atoms with van der Waals surface area (Å²) in [6, 6.07) is 12.8. The first kappa shape index (κ1) is 18.4. The van der Waals surface area contributed by atoms with E-state index in [1.54, 1.807) is 16.7 Å². The Bertz CT molecular complexity index is 1100. The quantitative estimate of drug-likeness (QED) is 0.509. The van der Waals surface area contributed by atoms with Gasteiger partial charge in [0, 0.05) is 13.1 Å². The zero-order valence-electron chi connectivity index (χ0n) is 15.3. The number of carbonyl (C=O) groups is 1.